The van der Waals surface area contributed by atoms with Crippen molar-refractivity contribution in [3.05, 3.63) is 53.3 Å². The van der Waals surface area contributed by atoms with E-state index in [9.17, 15) is 13.2 Å². The Morgan fingerprint density at radius 1 is 0.913 bits per heavy atom. The summed E-state index contributed by atoms with van der Waals surface area (Å²) in [4.78, 5) is 0. The van der Waals surface area contributed by atoms with Gasteiger partial charge in [-0.05, 0) is 36.1 Å². The van der Waals surface area contributed by atoms with Gasteiger partial charge in [0.25, 0.3) is 0 Å². The number of hydrogen-bond acceptors (Lipinski definition) is 1. The molecule has 0 aliphatic carbocycles. The van der Waals surface area contributed by atoms with Crippen molar-refractivity contribution in [2.75, 3.05) is 6.61 Å². The van der Waals surface area contributed by atoms with Crippen molar-refractivity contribution < 1.29 is 17.9 Å². The molecule has 0 aromatic heterocycles. The molecule has 0 atom stereocenters. The minimum atomic E-state index is -0.935. The van der Waals surface area contributed by atoms with Gasteiger partial charge in [0, 0.05) is 5.56 Å². The molecular formula is C19H21F3O. The summed E-state index contributed by atoms with van der Waals surface area (Å²) in [6.07, 6.45) is 2.99. The molecule has 23 heavy (non-hydrogen) atoms. The standard InChI is InChI=1S/C19H21F3O/c1-3-5-11-23-17-10-8-14(12-16(17)20)15-9-7-13(6-4-2)18(21)19(15)22/h7-10,12H,3-6,11H2,1-2H3. The topological polar surface area (TPSA) is 9.23 Å². The van der Waals surface area contributed by atoms with Crippen LogP contribution < -0.4 is 4.74 Å². The van der Waals surface area contributed by atoms with Crippen molar-refractivity contribution in [1.82, 2.24) is 0 Å². The highest BCUT2D eigenvalue weighted by Gasteiger charge is 2.15. The highest BCUT2D eigenvalue weighted by atomic mass is 19.2. The number of benzene rings is 2. The lowest BCUT2D eigenvalue weighted by Gasteiger charge is -2.11. The van der Waals surface area contributed by atoms with E-state index < -0.39 is 17.5 Å². The van der Waals surface area contributed by atoms with E-state index >= 15 is 0 Å². The zero-order chi connectivity index (χ0) is 16.8. The van der Waals surface area contributed by atoms with Gasteiger partial charge in [0.1, 0.15) is 0 Å². The summed E-state index contributed by atoms with van der Waals surface area (Å²) in [5, 5.41) is 0. The van der Waals surface area contributed by atoms with Gasteiger partial charge in [-0.1, -0.05) is 44.9 Å². The molecule has 0 saturated carbocycles. The zero-order valence-corrected chi connectivity index (χ0v) is 13.5. The zero-order valence-electron chi connectivity index (χ0n) is 13.5. The van der Waals surface area contributed by atoms with Crippen LogP contribution in [0, 0.1) is 17.5 Å². The molecular weight excluding hydrogens is 301 g/mol. The fourth-order valence-corrected chi connectivity index (χ4v) is 2.39. The molecule has 2 aromatic rings. The maximum absolute atomic E-state index is 14.2. The largest absolute Gasteiger partial charge is 0.491 e. The van der Waals surface area contributed by atoms with E-state index in [0.29, 0.717) is 24.2 Å². The Hall–Kier alpha value is -1.97. The SMILES string of the molecule is CCCCOc1ccc(-c2ccc(CCC)c(F)c2F)cc1F. The summed E-state index contributed by atoms with van der Waals surface area (Å²) in [6, 6.07) is 7.23. The fourth-order valence-electron chi connectivity index (χ4n) is 2.39. The molecule has 4 heteroatoms. The summed E-state index contributed by atoms with van der Waals surface area (Å²) in [7, 11) is 0. The smallest absolute Gasteiger partial charge is 0.166 e. The predicted octanol–water partition coefficient (Wildman–Crippen LogP) is 5.90. The van der Waals surface area contributed by atoms with Crippen LogP contribution in [0.2, 0.25) is 0 Å². The van der Waals surface area contributed by atoms with Gasteiger partial charge in [0.2, 0.25) is 0 Å². The third kappa shape index (κ3) is 4.06. The maximum Gasteiger partial charge on any atom is 0.166 e. The molecule has 0 radical (unpaired) electrons. The van der Waals surface area contributed by atoms with Crippen LogP contribution in [0.4, 0.5) is 13.2 Å². The van der Waals surface area contributed by atoms with Crippen LogP contribution in [0.25, 0.3) is 11.1 Å². The molecule has 2 rings (SSSR count). The second-order valence-corrected chi connectivity index (χ2v) is 5.50. The molecule has 0 heterocycles. The van der Waals surface area contributed by atoms with Gasteiger partial charge < -0.3 is 4.74 Å². The first-order chi connectivity index (χ1) is 11.1. The molecule has 0 saturated heterocycles. The predicted molar refractivity (Wildman–Crippen MR) is 86.2 cm³/mol. The van der Waals surface area contributed by atoms with Gasteiger partial charge in [0.15, 0.2) is 23.2 Å². The van der Waals surface area contributed by atoms with Gasteiger partial charge in [-0.15, -0.1) is 0 Å². The van der Waals surface area contributed by atoms with Gasteiger partial charge >= 0.3 is 0 Å². The summed E-state index contributed by atoms with van der Waals surface area (Å²) >= 11 is 0. The van der Waals surface area contributed by atoms with E-state index in [4.69, 9.17) is 4.74 Å². The lowest BCUT2D eigenvalue weighted by Crippen LogP contribution is -2.00. The maximum atomic E-state index is 14.2. The minimum Gasteiger partial charge on any atom is -0.491 e. The van der Waals surface area contributed by atoms with E-state index in [1.54, 1.807) is 12.1 Å². The number of aryl methyl sites for hydroxylation is 1. The molecule has 0 aliphatic rings. The average Bonchev–Trinajstić information content (AvgIpc) is 2.54. The highest BCUT2D eigenvalue weighted by Crippen LogP contribution is 2.30. The molecule has 1 nitrogen and oxygen atoms in total. The summed E-state index contributed by atoms with van der Waals surface area (Å²) in [5.74, 6) is -2.23. The van der Waals surface area contributed by atoms with Crippen molar-refractivity contribution >= 4 is 0 Å². The number of hydrogen-bond donors (Lipinski definition) is 0. The summed E-state index contributed by atoms with van der Waals surface area (Å²) < 4.78 is 47.6. The Bertz CT molecular complexity index is 668. The Morgan fingerprint density at radius 3 is 2.35 bits per heavy atom. The fraction of sp³-hybridized carbons (Fsp3) is 0.368. The lowest BCUT2D eigenvalue weighted by molar-refractivity contribution is 0.294. The molecule has 0 N–H and O–H groups in total. The number of unbranched alkanes of at least 4 members (excludes halogenated alkanes) is 1. The molecule has 0 fully saturated rings. The Morgan fingerprint density at radius 2 is 1.70 bits per heavy atom. The summed E-state index contributed by atoms with van der Waals surface area (Å²) in [6.45, 7) is 4.35. The Labute approximate surface area is 135 Å². The van der Waals surface area contributed by atoms with Crippen LogP contribution in [0.1, 0.15) is 38.7 Å². The molecule has 124 valence electrons. The van der Waals surface area contributed by atoms with E-state index in [-0.39, 0.29) is 11.3 Å². The third-order valence-electron chi connectivity index (χ3n) is 3.68. The lowest BCUT2D eigenvalue weighted by atomic mass is 10.0. The molecule has 0 aliphatic heterocycles. The monoisotopic (exact) mass is 322 g/mol. The van der Waals surface area contributed by atoms with Crippen molar-refractivity contribution in [1.29, 1.82) is 0 Å². The normalized spacial score (nSPS) is 10.8. The van der Waals surface area contributed by atoms with Crippen LogP contribution in [0.15, 0.2) is 30.3 Å². The first-order valence-corrected chi connectivity index (χ1v) is 7.98. The van der Waals surface area contributed by atoms with E-state index in [2.05, 4.69) is 0 Å². The Balaban J connectivity index is 2.28. The van der Waals surface area contributed by atoms with Gasteiger partial charge in [0.05, 0.1) is 6.61 Å². The van der Waals surface area contributed by atoms with Crippen LogP contribution in [-0.2, 0) is 6.42 Å². The second-order valence-electron chi connectivity index (χ2n) is 5.50. The van der Waals surface area contributed by atoms with Crippen molar-refractivity contribution in [2.24, 2.45) is 0 Å². The van der Waals surface area contributed by atoms with Crippen LogP contribution in [0.3, 0.4) is 0 Å². The van der Waals surface area contributed by atoms with Gasteiger partial charge in [-0.3, -0.25) is 0 Å². The molecule has 2 aromatic carbocycles. The van der Waals surface area contributed by atoms with Gasteiger partial charge in [-0.25, -0.2) is 13.2 Å². The number of halogens is 3. The molecule has 0 amide bonds. The van der Waals surface area contributed by atoms with Crippen LogP contribution in [-0.4, -0.2) is 6.61 Å². The highest BCUT2D eigenvalue weighted by molar-refractivity contribution is 5.65. The van der Waals surface area contributed by atoms with Gasteiger partial charge in [-0.2, -0.15) is 0 Å². The van der Waals surface area contributed by atoms with E-state index in [0.717, 1.165) is 19.3 Å². The first kappa shape index (κ1) is 17.4. The average molecular weight is 322 g/mol. The quantitative estimate of drug-likeness (QED) is 0.576. The summed E-state index contributed by atoms with van der Waals surface area (Å²) in [5.41, 5.74) is 0.694. The van der Waals surface area contributed by atoms with Crippen molar-refractivity contribution in [3.63, 3.8) is 0 Å². The van der Waals surface area contributed by atoms with Crippen LogP contribution >= 0.6 is 0 Å². The van der Waals surface area contributed by atoms with E-state index in [1.165, 1.54) is 18.2 Å². The number of ether oxygens (including phenoxy) is 1. The van der Waals surface area contributed by atoms with Crippen LogP contribution in [0.5, 0.6) is 5.75 Å². The third-order valence-corrected chi connectivity index (χ3v) is 3.68. The second kappa shape index (κ2) is 8.04. The molecule has 0 bridgehead atoms. The molecule has 0 spiro atoms. The van der Waals surface area contributed by atoms with E-state index in [1.807, 2.05) is 13.8 Å². The first-order valence-electron chi connectivity index (χ1n) is 7.98. The van der Waals surface area contributed by atoms with Crippen molar-refractivity contribution in [2.45, 2.75) is 39.5 Å². The molecule has 0 unspecified atom stereocenters. The number of rotatable bonds is 7. The Kier molecular flexibility index (Phi) is 6.08. The van der Waals surface area contributed by atoms with Crippen molar-refractivity contribution in [3.8, 4) is 16.9 Å². The minimum absolute atomic E-state index is 0.0568.